The minimum Gasteiger partial charge on any atom is -0.417 e. The Morgan fingerprint density at radius 2 is 1.55 bits per heavy atom. The molecule has 1 aliphatic rings. The molecule has 0 radical (unpaired) electrons. The molecule has 6 heteroatoms. The summed E-state index contributed by atoms with van der Waals surface area (Å²) in [6, 6.07) is 13.3. The molecule has 2 aromatic carbocycles. The molecule has 0 atom stereocenters. The quantitative estimate of drug-likeness (QED) is 0.381. The van der Waals surface area contributed by atoms with Gasteiger partial charge in [-0.1, -0.05) is 30.3 Å². The van der Waals surface area contributed by atoms with Gasteiger partial charge in [-0.25, -0.2) is 0 Å². The molecule has 0 N–H and O–H groups in total. The van der Waals surface area contributed by atoms with E-state index >= 15 is 0 Å². The van der Waals surface area contributed by atoms with Crippen LogP contribution in [-0.4, -0.2) is 26.1 Å². The fraction of sp³-hybridized carbons (Fsp3) is 0.130. The molecule has 0 saturated heterocycles. The number of allylic oxidation sites excluding steroid dienone is 1. The largest absolute Gasteiger partial charge is 0.417 e. The van der Waals surface area contributed by atoms with Crippen LogP contribution >= 0.6 is 0 Å². The van der Waals surface area contributed by atoms with Gasteiger partial charge >= 0.3 is 0 Å². The number of fused-ring (bicyclic) bond motifs is 2. The smallest absolute Gasteiger partial charge is 0.267 e. The summed E-state index contributed by atoms with van der Waals surface area (Å²) in [5, 5.41) is 0. The van der Waals surface area contributed by atoms with E-state index in [1.54, 1.807) is 12.1 Å². The average Bonchev–Trinajstić information content (AvgIpc) is 3.32. The van der Waals surface area contributed by atoms with E-state index in [0.717, 1.165) is 22.5 Å². The van der Waals surface area contributed by atoms with Crippen molar-refractivity contribution in [3.05, 3.63) is 76.2 Å². The fourth-order valence-electron chi connectivity index (χ4n) is 3.63. The van der Waals surface area contributed by atoms with Crippen LogP contribution in [0, 0.1) is 13.8 Å². The summed E-state index contributed by atoms with van der Waals surface area (Å²) in [5.74, 6) is 0.328. The summed E-state index contributed by atoms with van der Waals surface area (Å²) >= 11 is 0. The molecule has 6 nitrogen and oxygen atoms in total. The number of nitrogens with zero attached hydrogens (tertiary/aromatic N) is 3. The number of imidazole rings is 1. The van der Waals surface area contributed by atoms with Crippen molar-refractivity contribution in [2.24, 2.45) is 7.05 Å². The highest BCUT2D eigenvalue weighted by Gasteiger charge is 2.34. The summed E-state index contributed by atoms with van der Waals surface area (Å²) in [5.41, 5.74) is 4.76. The van der Waals surface area contributed by atoms with Crippen molar-refractivity contribution in [1.82, 2.24) is 14.5 Å². The molecule has 0 spiro atoms. The molecule has 2 aromatic heterocycles. The Hall–Kier alpha value is -3.80. The predicted octanol–water partition coefficient (Wildman–Crippen LogP) is 4.31. The van der Waals surface area contributed by atoms with Crippen LogP contribution in [0.1, 0.15) is 37.7 Å². The van der Waals surface area contributed by atoms with Crippen LogP contribution in [0.15, 0.2) is 52.5 Å². The monoisotopic (exact) mass is 383 g/mol. The second-order valence-corrected chi connectivity index (χ2v) is 7.24. The number of Topliss-reactive ketones (excluding diaryl/α,β-unsaturated/α-hetero) is 2. The van der Waals surface area contributed by atoms with Crippen molar-refractivity contribution in [2.45, 2.75) is 13.8 Å². The van der Waals surface area contributed by atoms with Gasteiger partial charge in [0.1, 0.15) is 5.82 Å². The summed E-state index contributed by atoms with van der Waals surface area (Å²) in [4.78, 5) is 34.5. The van der Waals surface area contributed by atoms with Gasteiger partial charge in [0.2, 0.25) is 11.5 Å². The number of rotatable bonds is 2. The number of hydrogen-bond donors (Lipinski definition) is 0. The first-order valence-corrected chi connectivity index (χ1v) is 9.25. The fourth-order valence-corrected chi connectivity index (χ4v) is 3.63. The zero-order valence-electron chi connectivity index (χ0n) is 16.2. The van der Waals surface area contributed by atoms with Gasteiger partial charge in [0.25, 0.3) is 5.71 Å². The highest BCUT2D eigenvalue weighted by atomic mass is 16.4. The van der Waals surface area contributed by atoms with Gasteiger partial charge in [0.05, 0.1) is 5.57 Å². The number of benzene rings is 2. The third kappa shape index (κ3) is 2.56. The van der Waals surface area contributed by atoms with Gasteiger partial charge in [-0.15, -0.1) is 0 Å². The van der Waals surface area contributed by atoms with Crippen molar-refractivity contribution < 1.29 is 14.0 Å². The molecule has 5 rings (SSSR count). The molecular formula is C23H17N3O3. The Kier molecular flexibility index (Phi) is 3.64. The topological polar surface area (TPSA) is 78.0 Å². The van der Waals surface area contributed by atoms with E-state index in [4.69, 9.17) is 4.42 Å². The Balaban J connectivity index is 1.56. The van der Waals surface area contributed by atoms with E-state index in [1.165, 1.54) is 6.08 Å². The summed E-state index contributed by atoms with van der Waals surface area (Å²) in [6.07, 6.45) is 1.42. The summed E-state index contributed by atoms with van der Waals surface area (Å²) in [6.45, 7) is 3.84. The standard InChI is InChI=1S/C23H17N3O3/c1-12-9-15-16(10-13(12)2)20(28)17(19(15)27)11-18-24-22-23(29-18)25-21(26(22)3)14-7-5-4-6-8-14/h4-11H,1-3H3. The lowest BCUT2D eigenvalue weighted by Gasteiger charge is -2.01. The maximum atomic E-state index is 12.8. The summed E-state index contributed by atoms with van der Waals surface area (Å²) < 4.78 is 7.56. The maximum Gasteiger partial charge on any atom is 0.267 e. The van der Waals surface area contributed by atoms with Crippen molar-refractivity contribution in [3.8, 4) is 11.4 Å². The Morgan fingerprint density at radius 1 is 0.931 bits per heavy atom. The molecule has 0 saturated carbocycles. The van der Waals surface area contributed by atoms with E-state index in [9.17, 15) is 9.59 Å². The molecule has 0 fully saturated rings. The first-order chi connectivity index (χ1) is 13.9. The van der Waals surface area contributed by atoms with E-state index in [2.05, 4.69) is 9.97 Å². The van der Waals surface area contributed by atoms with Crippen LogP contribution in [0.3, 0.4) is 0 Å². The highest BCUT2D eigenvalue weighted by Crippen LogP contribution is 2.31. The predicted molar refractivity (Wildman–Crippen MR) is 109 cm³/mol. The van der Waals surface area contributed by atoms with Crippen LogP contribution in [0.4, 0.5) is 0 Å². The third-order valence-corrected chi connectivity index (χ3v) is 5.36. The van der Waals surface area contributed by atoms with Gasteiger partial charge in [-0.2, -0.15) is 9.97 Å². The molecule has 4 aromatic rings. The summed E-state index contributed by atoms with van der Waals surface area (Å²) in [7, 11) is 1.85. The first kappa shape index (κ1) is 17.3. The van der Waals surface area contributed by atoms with E-state index < -0.39 is 0 Å². The van der Waals surface area contributed by atoms with Gasteiger partial charge in [-0.3, -0.25) is 9.59 Å². The molecule has 0 unspecified atom stereocenters. The number of hydrogen-bond acceptors (Lipinski definition) is 5. The lowest BCUT2D eigenvalue weighted by molar-refractivity contribution is 0.0990. The maximum absolute atomic E-state index is 12.8. The normalized spacial score (nSPS) is 13.4. The molecule has 29 heavy (non-hydrogen) atoms. The minimum absolute atomic E-state index is 0.0693. The Bertz CT molecular complexity index is 1310. The van der Waals surface area contributed by atoms with Crippen molar-refractivity contribution in [1.29, 1.82) is 0 Å². The molecule has 0 aliphatic heterocycles. The van der Waals surface area contributed by atoms with Gasteiger partial charge < -0.3 is 8.98 Å². The van der Waals surface area contributed by atoms with Gasteiger partial charge in [0.15, 0.2) is 11.6 Å². The zero-order valence-corrected chi connectivity index (χ0v) is 16.2. The van der Waals surface area contributed by atoms with Crippen LogP contribution in [-0.2, 0) is 7.05 Å². The number of aryl methyl sites for hydroxylation is 3. The van der Waals surface area contributed by atoms with E-state index in [-0.39, 0.29) is 23.0 Å². The zero-order chi connectivity index (χ0) is 20.3. The van der Waals surface area contributed by atoms with E-state index in [1.807, 2.05) is 55.8 Å². The molecule has 2 heterocycles. The second kappa shape index (κ2) is 6.10. The molecule has 142 valence electrons. The van der Waals surface area contributed by atoms with Gasteiger partial charge in [0, 0.05) is 29.8 Å². The highest BCUT2D eigenvalue weighted by molar-refractivity contribution is 6.41. The van der Waals surface area contributed by atoms with Crippen LogP contribution in [0.25, 0.3) is 28.8 Å². The molecule has 0 amide bonds. The van der Waals surface area contributed by atoms with Crippen LogP contribution < -0.4 is 0 Å². The van der Waals surface area contributed by atoms with Crippen molar-refractivity contribution >= 4 is 29.0 Å². The van der Waals surface area contributed by atoms with Crippen molar-refractivity contribution in [3.63, 3.8) is 0 Å². The second-order valence-electron chi connectivity index (χ2n) is 7.24. The van der Waals surface area contributed by atoms with Gasteiger partial charge in [-0.05, 0) is 37.1 Å². The average molecular weight is 383 g/mol. The lowest BCUT2D eigenvalue weighted by Crippen LogP contribution is -2.00. The SMILES string of the molecule is Cc1cc2c(cc1C)C(=O)C(=Cc1nc3c(nc(-c4ccccc4)n3C)o1)C2=O. The molecular weight excluding hydrogens is 366 g/mol. The number of carbonyl (C=O) groups excluding carboxylic acids is 2. The van der Waals surface area contributed by atoms with Crippen LogP contribution in [0.5, 0.6) is 0 Å². The lowest BCUT2D eigenvalue weighted by atomic mass is 10.0. The van der Waals surface area contributed by atoms with Crippen molar-refractivity contribution in [2.75, 3.05) is 0 Å². The molecule has 1 aliphatic carbocycles. The minimum atomic E-state index is -0.298. The number of aromatic nitrogens is 3. The van der Waals surface area contributed by atoms with E-state index in [0.29, 0.717) is 22.5 Å². The van der Waals surface area contributed by atoms with Crippen LogP contribution in [0.2, 0.25) is 0 Å². The Labute approximate surface area is 166 Å². The first-order valence-electron chi connectivity index (χ1n) is 9.25. The number of oxazole rings is 1. The third-order valence-electron chi connectivity index (χ3n) is 5.36. The number of carbonyl (C=O) groups is 2. The number of ketones is 2. The Morgan fingerprint density at radius 3 is 2.14 bits per heavy atom. The molecule has 0 bridgehead atoms.